The summed E-state index contributed by atoms with van der Waals surface area (Å²) in [7, 11) is 2.12. The highest BCUT2D eigenvalue weighted by Crippen LogP contribution is 2.02. The second-order valence-electron chi connectivity index (χ2n) is 4.59. The smallest absolute Gasteiger partial charge is 0.0947 e. The summed E-state index contributed by atoms with van der Waals surface area (Å²) in [5, 5.41) is 3.38. The van der Waals surface area contributed by atoms with Crippen molar-refractivity contribution in [2.24, 2.45) is 0 Å². The Bertz CT molecular complexity index is 275. The molecule has 0 amide bonds. The fraction of sp³-hybridized carbons (Fsp3) is 0.714. The highest BCUT2D eigenvalue weighted by atomic mass is 16.5. The molecule has 0 aliphatic carbocycles. The van der Waals surface area contributed by atoms with Gasteiger partial charge in [-0.25, -0.2) is 0 Å². The molecule has 1 aromatic heterocycles. The first-order valence-electron chi connectivity index (χ1n) is 6.81. The van der Waals surface area contributed by atoms with Crippen LogP contribution in [0.25, 0.3) is 0 Å². The molecule has 0 saturated heterocycles. The van der Waals surface area contributed by atoms with Gasteiger partial charge in [-0.2, -0.15) is 0 Å². The molecule has 0 aliphatic heterocycles. The van der Waals surface area contributed by atoms with Crippen LogP contribution in [-0.4, -0.2) is 44.8 Å². The highest BCUT2D eigenvalue weighted by Gasteiger charge is 2.00. The van der Waals surface area contributed by atoms with Gasteiger partial charge in [-0.15, -0.1) is 0 Å². The zero-order valence-corrected chi connectivity index (χ0v) is 11.7. The summed E-state index contributed by atoms with van der Waals surface area (Å²) in [5.41, 5.74) is 1.22. The van der Waals surface area contributed by atoms with Gasteiger partial charge in [-0.1, -0.05) is 13.3 Å². The van der Waals surface area contributed by atoms with Crippen LogP contribution >= 0.6 is 0 Å². The third kappa shape index (κ3) is 7.48. The van der Waals surface area contributed by atoms with Crippen LogP contribution in [0.2, 0.25) is 0 Å². The van der Waals surface area contributed by atoms with Crippen molar-refractivity contribution in [1.29, 1.82) is 0 Å². The van der Waals surface area contributed by atoms with Crippen molar-refractivity contribution in [3.05, 3.63) is 24.2 Å². The van der Waals surface area contributed by atoms with Crippen LogP contribution in [0, 0.1) is 0 Å². The molecule has 1 aromatic rings. The molecule has 4 nitrogen and oxygen atoms in total. The maximum Gasteiger partial charge on any atom is 0.0947 e. The van der Waals surface area contributed by atoms with E-state index in [-0.39, 0.29) is 0 Å². The van der Waals surface area contributed by atoms with Gasteiger partial charge in [0.1, 0.15) is 0 Å². The minimum Gasteiger partial charge on any atom is -0.472 e. The fourth-order valence-corrected chi connectivity index (χ4v) is 1.66. The molecule has 1 rings (SSSR count). The van der Waals surface area contributed by atoms with E-state index in [1.807, 2.05) is 6.07 Å². The molecule has 104 valence electrons. The molecule has 0 radical (unpaired) electrons. The summed E-state index contributed by atoms with van der Waals surface area (Å²) in [6.07, 6.45) is 5.88. The van der Waals surface area contributed by atoms with E-state index in [4.69, 9.17) is 9.15 Å². The number of nitrogens with zero attached hydrogens (tertiary/aromatic N) is 1. The average molecular weight is 254 g/mol. The van der Waals surface area contributed by atoms with Crippen LogP contribution in [0.15, 0.2) is 23.0 Å². The van der Waals surface area contributed by atoms with Crippen LogP contribution < -0.4 is 5.32 Å². The number of hydrogen-bond acceptors (Lipinski definition) is 4. The van der Waals surface area contributed by atoms with Crippen molar-refractivity contribution in [1.82, 2.24) is 10.2 Å². The van der Waals surface area contributed by atoms with Crippen LogP contribution in [0.4, 0.5) is 0 Å². The molecule has 1 heterocycles. The maximum atomic E-state index is 5.48. The van der Waals surface area contributed by atoms with Gasteiger partial charge in [0.05, 0.1) is 19.1 Å². The van der Waals surface area contributed by atoms with E-state index in [0.29, 0.717) is 0 Å². The Morgan fingerprint density at radius 1 is 1.33 bits per heavy atom. The predicted octanol–water partition coefficient (Wildman–Crippen LogP) is 2.12. The lowest BCUT2D eigenvalue weighted by molar-refractivity contribution is 0.132. The maximum absolute atomic E-state index is 5.48. The number of hydrogen-bond donors (Lipinski definition) is 1. The number of furan rings is 1. The highest BCUT2D eigenvalue weighted by molar-refractivity contribution is 5.04. The molecule has 4 heteroatoms. The molecule has 18 heavy (non-hydrogen) atoms. The average Bonchev–Trinajstić information content (AvgIpc) is 2.85. The Kier molecular flexibility index (Phi) is 8.55. The second kappa shape index (κ2) is 10.1. The molecule has 0 saturated carbocycles. The van der Waals surface area contributed by atoms with Crippen molar-refractivity contribution in [3.8, 4) is 0 Å². The number of unbranched alkanes of at least 4 members (excludes halogenated alkanes) is 1. The lowest BCUT2D eigenvalue weighted by Crippen LogP contribution is -2.30. The van der Waals surface area contributed by atoms with Crippen molar-refractivity contribution in [2.75, 3.05) is 39.9 Å². The summed E-state index contributed by atoms with van der Waals surface area (Å²) >= 11 is 0. The van der Waals surface area contributed by atoms with E-state index in [1.54, 1.807) is 12.5 Å². The number of rotatable bonds is 11. The summed E-state index contributed by atoms with van der Waals surface area (Å²) in [6.45, 7) is 7.77. The van der Waals surface area contributed by atoms with Crippen molar-refractivity contribution >= 4 is 0 Å². The minimum atomic E-state index is 0.811. The van der Waals surface area contributed by atoms with Crippen molar-refractivity contribution in [3.63, 3.8) is 0 Å². The second-order valence-corrected chi connectivity index (χ2v) is 4.59. The SMILES string of the molecule is CCCCOCCNCCN(C)Cc1ccoc1. The van der Waals surface area contributed by atoms with Crippen molar-refractivity contribution in [2.45, 2.75) is 26.3 Å². The zero-order chi connectivity index (χ0) is 13.1. The van der Waals surface area contributed by atoms with E-state index in [1.165, 1.54) is 12.0 Å². The van der Waals surface area contributed by atoms with E-state index < -0.39 is 0 Å². The third-order valence-electron chi connectivity index (χ3n) is 2.77. The Labute approximate surface area is 110 Å². The summed E-state index contributed by atoms with van der Waals surface area (Å²) in [4.78, 5) is 2.27. The standard InChI is InChI=1S/C14H26N2O2/c1-3-4-9-17-11-7-15-6-8-16(2)12-14-5-10-18-13-14/h5,10,13,15H,3-4,6-9,11-12H2,1-2H3. The van der Waals surface area contributed by atoms with Gasteiger partial charge in [-0.05, 0) is 19.5 Å². The van der Waals surface area contributed by atoms with Gasteiger partial charge in [-0.3, -0.25) is 0 Å². The van der Waals surface area contributed by atoms with Gasteiger partial charge in [0.25, 0.3) is 0 Å². The monoisotopic (exact) mass is 254 g/mol. The summed E-state index contributed by atoms with van der Waals surface area (Å²) in [5.74, 6) is 0. The van der Waals surface area contributed by atoms with Gasteiger partial charge < -0.3 is 19.4 Å². The third-order valence-corrected chi connectivity index (χ3v) is 2.77. The number of likely N-dealkylation sites (N-methyl/N-ethyl adjacent to an activating group) is 1. The van der Waals surface area contributed by atoms with E-state index >= 15 is 0 Å². The lowest BCUT2D eigenvalue weighted by Gasteiger charge is -2.15. The molecule has 0 spiro atoms. The molecular weight excluding hydrogens is 228 g/mol. The van der Waals surface area contributed by atoms with E-state index in [2.05, 4.69) is 24.2 Å². The molecule has 1 N–H and O–H groups in total. The topological polar surface area (TPSA) is 37.6 Å². The minimum absolute atomic E-state index is 0.811. The molecule has 0 aliphatic rings. The van der Waals surface area contributed by atoms with Gasteiger partial charge in [0.15, 0.2) is 0 Å². The molecule has 0 aromatic carbocycles. The van der Waals surface area contributed by atoms with Crippen LogP contribution in [-0.2, 0) is 11.3 Å². The van der Waals surface area contributed by atoms with Gasteiger partial charge in [0.2, 0.25) is 0 Å². The Hall–Kier alpha value is -0.840. The van der Waals surface area contributed by atoms with Gasteiger partial charge in [0, 0.05) is 38.3 Å². The quantitative estimate of drug-likeness (QED) is 0.614. The summed E-state index contributed by atoms with van der Waals surface area (Å²) in [6, 6.07) is 2.01. The number of ether oxygens (including phenoxy) is 1. The first-order valence-corrected chi connectivity index (χ1v) is 6.81. The Morgan fingerprint density at radius 2 is 2.22 bits per heavy atom. The Balaban J connectivity index is 1.88. The van der Waals surface area contributed by atoms with Gasteiger partial charge >= 0.3 is 0 Å². The fourth-order valence-electron chi connectivity index (χ4n) is 1.66. The molecule has 0 atom stereocenters. The van der Waals surface area contributed by atoms with Crippen LogP contribution in [0.3, 0.4) is 0 Å². The van der Waals surface area contributed by atoms with E-state index in [9.17, 15) is 0 Å². The first kappa shape index (κ1) is 15.2. The van der Waals surface area contributed by atoms with Crippen LogP contribution in [0.5, 0.6) is 0 Å². The summed E-state index contributed by atoms with van der Waals surface area (Å²) < 4.78 is 10.5. The first-order chi connectivity index (χ1) is 8.83. The predicted molar refractivity (Wildman–Crippen MR) is 73.6 cm³/mol. The molecule has 0 unspecified atom stereocenters. The zero-order valence-electron chi connectivity index (χ0n) is 11.7. The largest absolute Gasteiger partial charge is 0.472 e. The molecular formula is C14H26N2O2. The van der Waals surface area contributed by atoms with Crippen LogP contribution in [0.1, 0.15) is 25.3 Å². The molecule has 0 fully saturated rings. The number of nitrogens with one attached hydrogen (secondary N) is 1. The molecule has 0 bridgehead atoms. The lowest BCUT2D eigenvalue weighted by atomic mass is 10.3. The Morgan fingerprint density at radius 3 is 2.94 bits per heavy atom. The van der Waals surface area contributed by atoms with Crippen molar-refractivity contribution < 1.29 is 9.15 Å². The normalized spacial score (nSPS) is 11.3. The van der Waals surface area contributed by atoms with E-state index in [0.717, 1.165) is 45.8 Å².